The number of likely N-dealkylation sites (N-methyl/N-ethyl adjacent to an activating group) is 1. The van der Waals surface area contributed by atoms with Crippen LogP contribution in [0.5, 0.6) is 0 Å². The maximum absolute atomic E-state index is 12.6. The van der Waals surface area contributed by atoms with E-state index in [2.05, 4.69) is 14.2 Å². The molecule has 0 spiro atoms. The molecule has 0 aliphatic carbocycles. The average Bonchev–Trinajstić information content (AvgIpc) is 3.07. The molecule has 0 radical (unpaired) electrons. The number of anilines is 1. The van der Waals surface area contributed by atoms with E-state index < -0.39 is 0 Å². The van der Waals surface area contributed by atoms with Crippen molar-refractivity contribution in [2.75, 3.05) is 18.2 Å². The molecule has 170 valence electrons. The van der Waals surface area contributed by atoms with Gasteiger partial charge in [-0.15, -0.1) is 9.24 Å². The molecular formula is C23H30N5O3P. The Bertz CT molecular complexity index is 1160. The number of fused-ring (bicyclic) bond motifs is 2. The van der Waals surface area contributed by atoms with Crippen LogP contribution in [0.1, 0.15) is 28.9 Å². The highest BCUT2D eigenvalue weighted by atomic mass is 31.0. The number of amides is 2. The van der Waals surface area contributed by atoms with Gasteiger partial charge in [0, 0.05) is 43.0 Å². The van der Waals surface area contributed by atoms with E-state index in [-0.39, 0.29) is 24.1 Å². The first kappa shape index (κ1) is 25.2. The van der Waals surface area contributed by atoms with Gasteiger partial charge >= 0.3 is 0 Å². The molecule has 1 unspecified atom stereocenters. The van der Waals surface area contributed by atoms with Gasteiger partial charge in [-0.3, -0.25) is 14.5 Å². The topological polar surface area (TPSA) is 137 Å². The third-order valence-corrected chi connectivity index (χ3v) is 5.79. The molecule has 0 saturated carbocycles. The Kier molecular flexibility index (Phi) is 8.27. The zero-order chi connectivity index (χ0) is 21.3. The van der Waals surface area contributed by atoms with Crippen molar-refractivity contribution in [1.29, 1.82) is 0 Å². The number of aromatic nitrogens is 1. The number of rotatable bonds is 5. The maximum Gasteiger partial charge on any atom is 0.246 e. The zero-order valence-corrected chi connectivity index (χ0v) is 19.7. The van der Waals surface area contributed by atoms with E-state index >= 15 is 0 Å². The highest BCUT2D eigenvalue weighted by Gasteiger charge is 2.24. The van der Waals surface area contributed by atoms with E-state index in [9.17, 15) is 9.59 Å². The molecule has 4 rings (SSSR count). The Hall–Kier alpha value is -3.06. The second-order valence-corrected chi connectivity index (χ2v) is 7.79. The van der Waals surface area contributed by atoms with E-state index in [1.807, 2.05) is 37.3 Å². The summed E-state index contributed by atoms with van der Waals surface area (Å²) in [5, 5.41) is 1.07. The summed E-state index contributed by atoms with van der Waals surface area (Å²) >= 11 is 0. The second-order valence-electron chi connectivity index (χ2n) is 7.43. The fourth-order valence-corrected chi connectivity index (χ4v) is 4.06. The van der Waals surface area contributed by atoms with E-state index in [4.69, 9.17) is 4.42 Å². The molecule has 0 bridgehead atoms. The standard InChI is InChI=1S/C23H24N3O3P.2H3N/c1-15-18-5-3-4-6-19(18)29-20(15)13-25(2)21(27)9-7-16-11-17-8-10-22(28)26(14-30)23(17)24-12-16;;/h3-7,9,11-12H,8,10,13-14,30H2,1-2H3;2*1H3. The summed E-state index contributed by atoms with van der Waals surface area (Å²) in [4.78, 5) is 32.3. The van der Waals surface area contributed by atoms with Crippen molar-refractivity contribution in [2.45, 2.75) is 26.3 Å². The van der Waals surface area contributed by atoms with Crippen molar-refractivity contribution in [2.24, 2.45) is 0 Å². The second kappa shape index (κ2) is 10.5. The molecule has 8 nitrogen and oxygen atoms in total. The highest BCUT2D eigenvalue weighted by molar-refractivity contribution is 7.16. The number of furan rings is 1. The van der Waals surface area contributed by atoms with E-state index in [1.54, 1.807) is 35.2 Å². The van der Waals surface area contributed by atoms with Crippen molar-refractivity contribution < 1.29 is 14.0 Å². The molecular weight excluding hydrogens is 425 g/mol. The van der Waals surface area contributed by atoms with Crippen LogP contribution in [0.3, 0.4) is 0 Å². The molecule has 3 aromatic rings. The normalized spacial score (nSPS) is 13.0. The van der Waals surface area contributed by atoms with Gasteiger partial charge < -0.3 is 21.6 Å². The van der Waals surface area contributed by atoms with Gasteiger partial charge in [0.15, 0.2) is 0 Å². The molecule has 6 N–H and O–H groups in total. The summed E-state index contributed by atoms with van der Waals surface area (Å²) in [6, 6.07) is 9.87. The van der Waals surface area contributed by atoms with Crippen molar-refractivity contribution in [3.05, 3.63) is 65.1 Å². The largest absolute Gasteiger partial charge is 0.459 e. The fourth-order valence-electron chi connectivity index (χ4n) is 3.69. The third-order valence-electron chi connectivity index (χ3n) is 5.43. The smallest absolute Gasteiger partial charge is 0.246 e. The molecule has 1 aliphatic heterocycles. The lowest BCUT2D eigenvalue weighted by Gasteiger charge is -2.27. The average molecular weight is 455 g/mol. The quantitative estimate of drug-likeness (QED) is 0.436. The molecule has 9 heteroatoms. The third kappa shape index (κ3) is 4.88. The summed E-state index contributed by atoms with van der Waals surface area (Å²) in [5.74, 6) is 1.47. The number of nitrogens with zero attached hydrogens (tertiary/aromatic N) is 3. The van der Waals surface area contributed by atoms with Crippen molar-refractivity contribution >= 4 is 43.9 Å². The minimum Gasteiger partial charge on any atom is -0.459 e. The lowest BCUT2D eigenvalue weighted by atomic mass is 10.0. The van der Waals surface area contributed by atoms with Gasteiger partial charge in [-0.25, -0.2) is 4.98 Å². The van der Waals surface area contributed by atoms with Crippen molar-refractivity contribution in [3.8, 4) is 0 Å². The van der Waals surface area contributed by atoms with Crippen molar-refractivity contribution in [1.82, 2.24) is 22.2 Å². The number of carbonyl (C=O) groups excluding carboxylic acids is 2. The Morgan fingerprint density at radius 2 is 2.03 bits per heavy atom. The van der Waals surface area contributed by atoms with Crippen LogP contribution >= 0.6 is 9.24 Å². The van der Waals surface area contributed by atoms with E-state index in [0.717, 1.165) is 33.4 Å². The Balaban J connectivity index is 0.00000181. The van der Waals surface area contributed by atoms with Gasteiger partial charge in [-0.1, -0.05) is 18.2 Å². The Labute approximate surface area is 190 Å². The number of hydrogen-bond acceptors (Lipinski definition) is 6. The van der Waals surface area contributed by atoms with Crippen LogP contribution in [-0.2, 0) is 22.6 Å². The van der Waals surface area contributed by atoms with Gasteiger partial charge in [0.25, 0.3) is 0 Å². The summed E-state index contributed by atoms with van der Waals surface area (Å²) in [6.07, 6.45) is 6.68. The van der Waals surface area contributed by atoms with Gasteiger partial charge in [0.2, 0.25) is 11.8 Å². The first-order chi connectivity index (χ1) is 14.5. The predicted octanol–water partition coefficient (Wildman–Crippen LogP) is 4.24. The van der Waals surface area contributed by atoms with Crippen LogP contribution in [0.4, 0.5) is 5.82 Å². The summed E-state index contributed by atoms with van der Waals surface area (Å²) in [7, 11) is 4.32. The number of benzene rings is 1. The lowest BCUT2D eigenvalue weighted by Crippen LogP contribution is -2.34. The number of para-hydroxylation sites is 1. The van der Waals surface area contributed by atoms with Gasteiger partial charge in [-0.2, -0.15) is 0 Å². The van der Waals surface area contributed by atoms with Crippen LogP contribution < -0.4 is 17.2 Å². The van der Waals surface area contributed by atoms with E-state index in [0.29, 0.717) is 31.5 Å². The molecule has 0 saturated heterocycles. The molecule has 2 aromatic heterocycles. The summed E-state index contributed by atoms with van der Waals surface area (Å²) in [5.41, 5.74) is 3.76. The SMILES string of the molecule is Cc1c(CN(C)C(=O)C=Cc2cnc3c(c2)CCC(=O)N3CP)oc2ccccc12.N.N. The number of aryl methyl sites for hydroxylation is 2. The predicted molar refractivity (Wildman–Crippen MR) is 131 cm³/mol. The molecule has 1 atom stereocenters. The highest BCUT2D eigenvalue weighted by Crippen LogP contribution is 2.28. The Morgan fingerprint density at radius 3 is 2.75 bits per heavy atom. The number of hydrogen-bond donors (Lipinski definition) is 2. The fraction of sp³-hybridized carbons (Fsp3) is 0.261. The first-order valence-electron chi connectivity index (χ1n) is 9.87. The number of carbonyl (C=O) groups is 2. The Morgan fingerprint density at radius 1 is 1.28 bits per heavy atom. The van der Waals surface area contributed by atoms with Crippen LogP contribution in [0.2, 0.25) is 0 Å². The van der Waals surface area contributed by atoms with Crippen LogP contribution in [-0.4, -0.2) is 35.0 Å². The van der Waals surface area contributed by atoms with Crippen molar-refractivity contribution in [3.63, 3.8) is 0 Å². The van der Waals surface area contributed by atoms with E-state index in [1.165, 1.54) is 0 Å². The van der Waals surface area contributed by atoms with Gasteiger partial charge in [-0.05, 0) is 42.7 Å². The van der Waals surface area contributed by atoms with Gasteiger partial charge in [0.05, 0.1) is 6.54 Å². The lowest BCUT2D eigenvalue weighted by molar-refractivity contribution is -0.125. The monoisotopic (exact) mass is 455 g/mol. The summed E-state index contributed by atoms with van der Waals surface area (Å²) < 4.78 is 5.91. The molecule has 1 aliphatic rings. The van der Waals surface area contributed by atoms with Crippen LogP contribution in [0, 0.1) is 6.92 Å². The molecule has 0 fully saturated rings. The minimum atomic E-state index is -0.116. The first-order valence-corrected chi connectivity index (χ1v) is 10.7. The van der Waals surface area contributed by atoms with Gasteiger partial charge in [0.1, 0.15) is 17.2 Å². The molecule has 3 heterocycles. The van der Waals surface area contributed by atoms with Crippen LogP contribution in [0.15, 0.2) is 47.0 Å². The molecule has 1 aromatic carbocycles. The number of pyridine rings is 1. The summed E-state index contributed by atoms with van der Waals surface area (Å²) in [6.45, 7) is 2.41. The maximum atomic E-state index is 12.6. The minimum absolute atomic E-state index is 0. The van der Waals surface area contributed by atoms with Crippen LogP contribution in [0.25, 0.3) is 17.0 Å². The molecule has 32 heavy (non-hydrogen) atoms. The zero-order valence-electron chi connectivity index (χ0n) is 18.5. The molecule has 2 amide bonds.